The largest absolute Gasteiger partial charge is 0.506 e. The second-order valence-corrected chi connectivity index (χ2v) is 6.77. The molecule has 3 aromatic rings. The Hall–Kier alpha value is -3.82. The van der Waals surface area contributed by atoms with E-state index in [2.05, 4.69) is 9.72 Å². The Morgan fingerprint density at radius 2 is 1.77 bits per heavy atom. The minimum Gasteiger partial charge on any atom is -0.506 e. The summed E-state index contributed by atoms with van der Waals surface area (Å²) in [5.74, 6) is -2.99. The van der Waals surface area contributed by atoms with Crippen LogP contribution < -0.4 is 11.2 Å². The van der Waals surface area contributed by atoms with Crippen LogP contribution in [0.15, 0.2) is 34.0 Å². The Morgan fingerprint density at radius 3 is 2.40 bits per heavy atom. The highest BCUT2D eigenvalue weighted by molar-refractivity contribution is 5.92. The van der Waals surface area contributed by atoms with Crippen LogP contribution >= 0.6 is 0 Å². The quantitative estimate of drug-likeness (QED) is 0.588. The molecule has 2 aromatic heterocycles. The first-order valence-corrected chi connectivity index (χ1v) is 8.96. The number of nitrogens with one attached hydrogen (secondary N) is 1. The van der Waals surface area contributed by atoms with Crippen molar-refractivity contribution in [2.45, 2.75) is 12.3 Å². The van der Waals surface area contributed by atoms with E-state index in [1.54, 1.807) is 32.3 Å². The molecule has 0 saturated carbocycles. The smallest absolute Gasteiger partial charge is 0.343 e. The Balaban J connectivity index is 2.28. The van der Waals surface area contributed by atoms with Gasteiger partial charge in [0.1, 0.15) is 11.3 Å². The molecule has 0 radical (unpaired) electrons. The number of aryl methyl sites for hydroxylation is 2. The number of aromatic nitrogens is 3. The molecule has 0 bridgehead atoms. The minimum absolute atomic E-state index is 0.177. The van der Waals surface area contributed by atoms with Gasteiger partial charge in [-0.05, 0) is 17.7 Å². The number of carbonyl (C=O) groups excluding carboxylic acids is 2. The molecule has 158 valence electrons. The fraction of sp³-hybridized carbons (Fsp3) is 0.300. The Labute approximate surface area is 170 Å². The summed E-state index contributed by atoms with van der Waals surface area (Å²) in [7, 11) is 5.58. The number of hydrogen-bond acceptors (Lipinski definition) is 7. The van der Waals surface area contributed by atoms with Crippen LogP contribution in [-0.2, 0) is 28.4 Å². The second-order valence-electron chi connectivity index (χ2n) is 6.77. The van der Waals surface area contributed by atoms with Crippen molar-refractivity contribution in [1.82, 2.24) is 14.1 Å². The van der Waals surface area contributed by atoms with Gasteiger partial charge in [0.2, 0.25) is 0 Å². The number of benzene rings is 1. The Morgan fingerprint density at radius 1 is 1.10 bits per heavy atom. The molecule has 10 nitrogen and oxygen atoms in total. The number of pyridine rings is 1. The first-order valence-electron chi connectivity index (χ1n) is 8.96. The molecule has 0 aliphatic rings. The van der Waals surface area contributed by atoms with Gasteiger partial charge in [-0.25, -0.2) is 9.59 Å². The van der Waals surface area contributed by atoms with Gasteiger partial charge in [0.05, 0.1) is 37.2 Å². The van der Waals surface area contributed by atoms with E-state index < -0.39 is 29.2 Å². The van der Waals surface area contributed by atoms with Crippen molar-refractivity contribution in [2.24, 2.45) is 14.1 Å². The van der Waals surface area contributed by atoms with Crippen molar-refractivity contribution >= 4 is 23.0 Å². The van der Waals surface area contributed by atoms with Gasteiger partial charge in [-0.3, -0.25) is 18.7 Å². The van der Waals surface area contributed by atoms with Gasteiger partial charge in [0.15, 0.2) is 0 Å². The van der Waals surface area contributed by atoms with Gasteiger partial charge < -0.3 is 19.6 Å². The van der Waals surface area contributed by atoms with E-state index in [0.29, 0.717) is 16.6 Å². The molecule has 2 heterocycles. The molecule has 10 heteroatoms. The summed E-state index contributed by atoms with van der Waals surface area (Å²) in [5.41, 5.74) is 0.395. The lowest BCUT2D eigenvalue weighted by molar-refractivity contribution is -0.140. The molecule has 2 N–H and O–H groups in total. The molecule has 1 atom stereocenters. The molecule has 1 aromatic carbocycles. The molecule has 0 spiro atoms. The fourth-order valence-electron chi connectivity index (χ4n) is 3.50. The Kier molecular flexibility index (Phi) is 5.50. The number of carbonyl (C=O) groups is 2. The molecule has 0 aliphatic heterocycles. The van der Waals surface area contributed by atoms with E-state index >= 15 is 0 Å². The molecule has 30 heavy (non-hydrogen) atoms. The lowest BCUT2D eigenvalue weighted by atomic mass is 9.87. The maximum atomic E-state index is 12.6. The molecule has 0 aliphatic carbocycles. The van der Waals surface area contributed by atoms with Gasteiger partial charge in [-0.15, -0.1) is 0 Å². The van der Waals surface area contributed by atoms with Crippen molar-refractivity contribution < 1.29 is 24.2 Å². The van der Waals surface area contributed by atoms with Crippen LogP contribution in [0.25, 0.3) is 11.0 Å². The number of H-pyrrole nitrogens is 1. The van der Waals surface area contributed by atoms with Crippen molar-refractivity contribution in [1.29, 1.82) is 0 Å². The molecular formula is C20H21N3O7. The van der Waals surface area contributed by atoms with Gasteiger partial charge in [0, 0.05) is 26.2 Å². The summed E-state index contributed by atoms with van der Waals surface area (Å²) in [5, 5.41) is 10.7. The lowest BCUT2D eigenvalue weighted by Gasteiger charge is -2.18. The number of methoxy groups -OCH3 is 2. The highest BCUT2D eigenvalue weighted by atomic mass is 16.5. The zero-order valence-corrected chi connectivity index (χ0v) is 16.9. The van der Waals surface area contributed by atoms with E-state index in [-0.39, 0.29) is 23.2 Å². The van der Waals surface area contributed by atoms with Gasteiger partial charge in [-0.2, -0.15) is 0 Å². The first-order chi connectivity index (χ1) is 14.2. The number of hydrogen-bond donors (Lipinski definition) is 2. The summed E-state index contributed by atoms with van der Waals surface area (Å²) in [6.45, 7) is 0. The van der Waals surface area contributed by atoms with Crippen LogP contribution in [-0.4, -0.2) is 45.4 Å². The number of aromatic hydroxyl groups is 1. The molecule has 0 fully saturated rings. The number of aromatic amines is 1. The van der Waals surface area contributed by atoms with Crippen molar-refractivity contribution in [3.05, 3.63) is 61.9 Å². The predicted molar refractivity (Wildman–Crippen MR) is 107 cm³/mol. The van der Waals surface area contributed by atoms with Gasteiger partial charge in [-0.1, -0.05) is 6.07 Å². The highest BCUT2D eigenvalue weighted by Crippen LogP contribution is 2.34. The van der Waals surface area contributed by atoms with E-state index in [1.165, 1.54) is 16.2 Å². The van der Waals surface area contributed by atoms with E-state index in [1.807, 2.05) is 0 Å². The third-order valence-electron chi connectivity index (χ3n) is 5.15. The van der Waals surface area contributed by atoms with Crippen LogP contribution in [0, 0.1) is 0 Å². The van der Waals surface area contributed by atoms with E-state index in [4.69, 9.17) is 4.74 Å². The maximum Gasteiger partial charge on any atom is 0.343 e. The van der Waals surface area contributed by atoms with Crippen LogP contribution in [0.2, 0.25) is 0 Å². The van der Waals surface area contributed by atoms with Crippen molar-refractivity contribution in [3.63, 3.8) is 0 Å². The average molecular weight is 415 g/mol. The van der Waals surface area contributed by atoms with Crippen molar-refractivity contribution in [3.8, 4) is 5.75 Å². The number of fused-ring (bicyclic) bond motifs is 1. The third kappa shape index (κ3) is 3.36. The summed E-state index contributed by atoms with van der Waals surface area (Å²) in [6.07, 6.45) is 0.774. The number of rotatable bonds is 5. The third-order valence-corrected chi connectivity index (χ3v) is 5.15. The van der Waals surface area contributed by atoms with Gasteiger partial charge >= 0.3 is 17.6 Å². The minimum atomic E-state index is -0.939. The molecule has 3 rings (SSSR count). The monoisotopic (exact) mass is 415 g/mol. The van der Waals surface area contributed by atoms with E-state index in [9.17, 15) is 24.3 Å². The predicted octanol–water partition coefficient (Wildman–Crippen LogP) is 0.752. The van der Waals surface area contributed by atoms with E-state index in [0.717, 1.165) is 13.3 Å². The second kappa shape index (κ2) is 7.90. The molecular weight excluding hydrogens is 394 g/mol. The fourth-order valence-corrected chi connectivity index (χ4v) is 3.50. The molecule has 0 saturated heterocycles. The molecule has 0 amide bonds. The number of imidazole rings is 1. The summed E-state index contributed by atoms with van der Waals surface area (Å²) in [4.78, 5) is 51.3. The summed E-state index contributed by atoms with van der Waals surface area (Å²) < 4.78 is 12.3. The zero-order valence-electron chi connectivity index (χ0n) is 16.9. The zero-order chi connectivity index (χ0) is 22.2. The number of nitrogens with zero attached hydrogens (tertiary/aromatic N) is 2. The number of ether oxygens (including phenoxy) is 2. The normalized spacial score (nSPS) is 12.0. The molecule has 0 unspecified atom stereocenters. The van der Waals surface area contributed by atoms with Crippen molar-refractivity contribution in [2.75, 3.05) is 14.2 Å². The van der Waals surface area contributed by atoms with Crippen LogP contribution in [0.5, 0.6) is 5.75 Å². The van der Waals surface area contributed by atoms with Crippen LogP contribution in [0.3, 0.4) is 0 Å². The Bertz CT molecular complexity index is 1270. The summed E-state index contributed by atoms with van der Waals surface area (Å²) in [6, 6.07) is 5.00. The van der Waals surface area contributed by atoms with Crippen LogP contribution in [0.1, 0.15) is 33.8 Å². The lowest BCUT2D eigenvalue weighted by Crippen LogP contribution is -2.22. The average Bonchev–Trinajstić information content (AvgIpc) is 2.96. The SMILES string of the molecule is COC(=O)C[C@@H](c1ccc2c(c1)n(C)c(=O)n2C)c1c(O)c(C(=O)OC)c[nH]c1=O. The standard InChI is InChI=1S/C20H21N3O7/c1-22-13-6-5-10(7-14(13)23(2)20(22)28)11(8-15(24)29-3)16-17(25)12(19(27)30-4)9-21-18(16)26/h5-7,9,11H,8H2,1-4H3,(H2,21,25,26)/t11-/m0/s1. The highest BCUT2D eigenvalue weighted by Gasteiger charge is 2.28. The number of esters is 2. The maximum absolute atomic E-state index is 12.6. The summed E-state index contributed by atoms with van der Waals surface area (Å²) >= 11 is 0. The first kappa shape index (κ1) is 20.9. The van der Waals surface area contributed by atoms with Gasteiger partial charge in [0.25, 0.3) is 5.56 Å². The topological polar surface area (TPSA) is 133 Å². The van der Waals surface area contributed by atoms with Crippen LogP contribution in [0.4, 0.5) is 0 Å².